The number of nitrogens with two attached hydrogens (primary N) is 1. The average Bonchev–Trinajstić information content (AvgIpc) is 2.72. The summed E-state index contributed by atoms with van der Waals surface area (Å²) in [5.74, 6) is 5.79. The van der Waals surface area contributed by atoms with E-state index in [0.717, 1.165) is 6.42 Å². The van der Waals surface area contributed by atoms with Gasteiger partial charge in [-0.3, -0.25) is 11.3 Å². The van der Waals surface area contributed by atoms with E-state index in [2.05, 4.69) is 65.7 Å². The molecule has 0 bridgehead atoms. The summed E-state index contributed by atoms with van der Waals surface area (Å²) in [5, 5.41) is 2.10. The highest BCUT2D eigenvalue weighted by atomic mass is 79.9. The molecule has 102 valence electrons. The Bertz CT molecular complexity index is 554. The number of halogens is 1. The molecular formula is C15H19BrN2S. The van der Waals surface area contributed by atoms with Gasteiger partial charge in [-0.25, -0.2) is 0 Å². The Hall–Kier alpha value is -0.680. The van der Waals surface area contributed by atoms with Crippen LogP contribution in [0, 0.1) is 20.8 Å². The fourth-order valence-corrected chi connectivity index (χ4v) is 4.20. The van der Waals surface area contributed by atoms with Crippen LogP contribution < -0.4 is 11.3 Å². The van der Waals surface area contributed by atoms with Crippen LogP contribution in [0.4, 0.5) is 0 Å². The van der Waals surface area contributed by atoms with Gasteiger partial charge in [-0.2, -0.15) is 0 Å². The molecule has 0 aliphatic heterocycles. The van der Waals surface area contributed by atoms with Crippen LogP contribution >= 0.6 is 27.3 Å². The van der Waals surface area contributed by atoms with Crippen LogP contribution in [0.1, 0.15) is 33.2 Å². The van der Waals surface area contributed by atoms with Gasteiger partial charge in [0.1, 0.15) is 0 Å². The summed E-state index contributed by atoms with van der Waals surface area (Å²) < 4.78 is 1.17. The molecule has 19 heavy (non-hydrogen) atoms. The molecule has 0 aliphatic carbocycles. The highest BCUT2D eigenvalue weighted by molar-refractivity contribution is 9.10. The lowest BCUT2D eigenvalue weighted by Gasteiger charge is -2.21. The Morgan fingerprint density at radius 2 is 1.89 bits per heavy atom. The maximum absolute atomic E-state index is 5.79. The largest absolute Gasteiger partial charge is 0.271 e. The number of hydrogen-bond donors (Lipinski definition) is 2. The molecule has 0 fully saturated rings. The molecule has 4 heteroatoms. The van der Waals surface area contributed by atoms with Gasteiger partial charge in [0.25, 0.3) is 0 Å². The Morgan fingerprint density at radius 3 is 2.37 bits per heavy atom. The number of nitrogens with one attached hydrogen (secondary N) is 1. The fourth-order valence-electron chi connectivity index (χ4n) is 2.64. The Labute approximate surface area is 127 Å². The van der Waals surface area contributed by atoms with Gasteiger partial charge in [0, 0.05) is 15.8 Å². The number of thiophene rings is 1. The molecule has 1 unspecified atom stereocenters. The van der Waals surface area contributed by atoms with Crippen LogP contribution in [0.25, 0.3) is 0 Å². The standard InChI is InChI=1S/C15H19BrN2S/c1-9-6-10(2)15(11(3)7-9)13(18-17)8-14-12(16)4-5-19-14/h4-7,13,18H,8,17H2,1-3H3. The molecule has 0 radical (unpaired) electrons. The summed E-state index contributed by atoms with van der Waals surface area (Å²) in [6.07, 6.45) is 0.902. The van der Waals surface area contributed by atoms with Crippen molar-refractivity contribution in [2.24, 2.45) is 5.84 Å². The molecule has 2 aromatic rings. The smallest absolute Gasteiger partial charge is 0.0513 e. The molecule has 0 saturated heterocycles. The van der Waals surface area contributed by atoms with Crippen molar-refractivity contribution in [2.45, 2.75) is 33.2 Å². The summed E-state index contributed by atoms with van der Waals surface area (Å²) in [6, 6.07) is 6.67. The van der Waals surface area contributed by atoms with Crippen molar-refractivity contribution >= 4 is 27.3 Å². The second kappa shape index (κ2) is 6.18. The van der Waals surface area contributed by atoms with Gasteiger partial charge in [0.15, 0.2) is 0 Å². The first-order valence-electron chi connectivity index (χ1n) is 6.28. The molecule has 0 spiro atoms. The van der Waals surface area contributed by atoms with Crippen molar-refractivity contribution in [3.63, 3.8) is 0 Å². The maximum atomic E-state index is 5.79. The first-order chi connectivity index (χ1) is 9.02. The van der Waals surface area contributed by atoms with Crippen molar-refractivity contribution in [3.05, 3.63) is 55.2 Å². The van der Waals surface area contributed by atoms with Crippen LogP contribution in [-0.2, 0) is 6.42 Å². The molecule has 1 atom stereocenters. The molecular weight excluding hydrogens is 320 g/mol. The summed E-state index contributed by atoms with van der Waals surface area (Å²) in [6.45, 7) is 6.44. The summed E-state index contributed by atoms with van der Waals surface area (Å²) in [7, 11) is 0. The summed E-state index contributed by atoms with van der Waals surface area (Å²) in [5.41, 5.74) is 8.18. The lowest BCUT2D eigenvalue weighted by Crippen LogP contribution is -2.30. The van der Waals surface area contributed by atoms with Gasteiger partial charge in [-0.05, 0) is 64.8 Å². The molecule has 1 heterocycles. The topological polar surface area (TPSA) is 38.0 Å². The van der Waals surface area contributed by atoms with Crippen molar-refractivity contribution in [1.82, 2.24) is 5.43 Å². The zero-order valence-corrected chi connectivity index (χ0v) is 13.9. The minimum Gasteiger partial charge on any atom is -0.271 e. The highest BCUT2D eigenvalue weighted by Gasteiger charge is 2.17. The number of rotatable bonds is 4. The van der Waals surface area contributed by atoms with Crippen molar-refractivity contribution in [1.29, 1.82) is 0 Å². The van der Waals surface area contributed by atoms with E-state index in [1.54, 1.807) is 11.3 Å². The number of benzene rings is 1. The Kier molecular flexibility index (Phi) is 4.79. The normalized spacial score (nSPS) is 12.7. The SMILES string of the molecule is Cc1cc(C)c(C(Cc2sccc2Br)NN)c(C)c1. The molecule has 1 aromatic heterocycles. The highest BCUT2D eigenvalue weighted by Crippen LogP contribution is 2.31. The number of hydrogen-bond acceptors (Lipinski definition) is 3. The van der Waals surface area contributed by atoms with Crippen molar-refractivity contribution < 1.29 is 0 Å². The molecule has 3 N–H and O–H groups in total. The van der Waals surface area contributed by atoms with Crippen LogP contribution in [-0.4, -0.2) is 0 Å². The Balaban J connectivity index is 2.35. The summed E-state index contributed by atoms with van der Waals surface area (Å²) >= 11 is 5.35. The van der Waals surface area contributed by atoms with Gasteiger partial charge in [-0.1, -0.05) is 17.7 Å². The molecule has 0 aliphatic rings. The third-order valence-electron chi connectivity index (χ3n) is 3.37. The molecule has 0 saturated carbocycles. The second-order valence-electron chi connectivity index (χ2n) is 4.93. The average molecular weight is 339 g/mol. The lowest BCUT2D eigenvalue weighted by molar-refractivity contribution is 0.549. The van der Waals surface area contributed by atoms with E-state index in [1.165, 1.54) is 31.6 Å². The lowest BCUT2D eigenvalue weighted by atomic mass is 9.92. The maximum Gasteiger partial charge on any atom is 0.0513 e. The van der Waals surface area contributed by atoms with Gasteiger partial charge < -0.3 is 0 Å². The van der Waals surface area contributed by atoms with Crippen molar-refractivity contribution in [3.8, 4) is 0 Å². The van der Waals surface area contributed by atoms with Crippen molar-refractivity contribution in [2.75, 3.05) is 0 Å². The predicted octanol–water partition coefficient (Wildman–Crippen LogP) is 4.18. The van der Waals surface area contributed by atoms with Crippen LogP contribution in [0.2, 0.25) is 0 Å². The van der Waals surface area contributed by atoms with E-state index < -0.39 is 0 Å². The number of aryl methyl sites for hydroxylation is 3. The van der Waals surface area contributed by atoms with E-state index in [-0.39, 0.29) is 6.04 Å². The summed E-state index contributed by atoms with van der Waals surface area (Å²) in [4.78, 5) is 1.32. The molecule has 1 aromatic carbocycles. The van der Waals surface area contributed by atoms with Gasteiger partial charge in [-0.15, -0.1) is 11.3 Å². The van der Waals surface area contributed by atoms with Crippen LogP contribution in [0.15, 0.2) is 28.1 Å². The van der Waals surface area contributed by atoms with E-state index in [9.17, 15) is 0 Å². The van der Waals surface area contributed by atoms with E-state index in [0.29, 0.717) is 0 Å². The number of hydrazine groups is 1. The van der Waals surface area contributed by atoms with Crippen LogP contribution in [0.5, 0.6) is 0 Å². The van der Waals surface area contributed by atoms with E-state index >= 15 is 0 Å². The third-order valence-corrected chi connectivity index (χ3v) is 5.32. The first-order valence-corrected chi connectivity index (χ1v) is 7.96. The van der Waals surface area contributed by atoms with E-state index in [1.807, 2.05) is 0 Å². The van der Waals surface area contributed by atoms with Crippen LogP contribution in [0.3, 0.4) is 0 Å². The van der Waals surface area contributed by atoms with Gasteiger partial charge >= 0.3 is 0 Å². The van der Waals surface area contributed by atoms with Gasteiger partial charge in [0.2, 0.25) is 0 Å². The zero-order valence-electron chi connectivity index (χ0n) is 11.5. The zero-order chi connectivity index (χ0) is 14.0. The minimum absolute atomic E-state index is 0.149. The first kappa shape index (κ1) is 14.7. The molecule has 2 nitrogen and oxygen atoms in total. The molecule has 2 rings (SSSR count). The predicted molar refractivity (Wildman–Crippen MR) is 86.4 cm³/mol. The quantitative estimate of drug-likeness (QED) is 0.648. The minimum atomic E-state index is 0.149. The Morgan fingerprint density at radius 1 is 1.26 bits per heavy atom. The molecule has 0 amide bonds. The third kappa shape index (κ3) is 3.26. The monoisotopic (exact) mass is 338 g/mol. The van der Waals surface area contributed by atoms with E-state index in [4.69, 9.17) is 5.84 Å². The second-order valence-corrected chi connectivity index (χ2v) is 6.78. The van der Waals surface area contributed by atoms with Gasteiger partial charge in [0.05, 0.1) is 6.04 Å². The fraction of sp³-hybridized carbons (Fsp3) is 0.333.